The van der Waals surface area contributed by atoms with Crippen LogP contribution in [0.5, 0.6) is 0 Å². The van der Waals surface area contributed by atoms with Gasteiger partial charge in [0.15, 0.2) is 11.6 Å². The number of nitrogens with one attached hydrogen (secondary N) is 1. The lowest BCUT2D eigenvalue weighted by atomic mass is 10.2. The van der Waals surface area contributed by atoms with Crippen LogP contribution in [0.1, 0.15) is 5.56 Å². The van der Waals surface area contributed by atoms with Crippen LogP contribution in [0, 0.1) is 23.0 Å². The van der Waals surface area contributed by atoms with Crippen LogP contribution in [0.15, 0.2) is 34.8 Å². The van der Waals surface area contributed by atoms with E-state index in [1.165, 1.54) is 0 Å². The van der Waals surface area contributed by atoms with E-state index >= 15 is 0 Å². The third-order valence-electron chi connectivity index (χ3n) is 2.36. The van der Waals surface area contributed by atoms with Crippen LogP contribution in [0.3, 0.4) is 0 Å². The van der Waals surface area contributed by atoms with E-state index in [-0.39, 0.29) is 11.3 Å². The Morgan fingerprint density at radius 3 is 2.37 bits per heavy atom. The van der Waals surface area contributed by atoms with Gasteiger partial charge in [-0.15, -0.1) is 0 Å². The molecular formula is C13H6BrClF2N2. The Morgan fingerprint density at radius 1 is 1.16 bits per heavy atom. The first kappa shape index (κ1) is 13.8. The van der Waals surface area contributed by atoms with Crippen molar-refractivity contribution in [3.05, 3.63) is 57.0 Å². The Morgan fingerprint density at radius 2 is 1.79 bits per heavy atom. The van der Waals surface area contributed by atoms with Crippen molar-refractivity contribution in [2.24, 2.45) is 0 Å². The van der Waals surface area contributed by atoms with Crippen molar-refractivity contribution in [2.75, 3.05) is 5.32 Å². The largest absolute Gasteiger partial charge is 0.349 e. The first-order valence-corrected chi connectivity index (χ1v) is 6.29. The summed E-state index contributed by atoms with van der Waals surface area (Å²) >= 11 is 9.17. The molecular weight excluding hydrogens is 338 g/mol. The Hall–Kier alpha value is -1.64. The average Bonchev–Trinajstić information content (AvgIpc) is 2.37. The fraction of sp³-hybridized carbons (Fsp3) is 0. The van der Waals surface area contributed by atoms with E-state index in [1.807, 2.05) is 0 Å². The quantitative estimate of drug-likeness (QED) is 0.833. The van der Waals surface area contributed by atoms with Crippen molar-refractivity contribution in [2.45, 2.75) is 0 Å². The maximum atomic E-state index is 13.7. The summed E-state index contributed by atoms with van der Waals surface area (Å²) < 4.78 is 28.1. The van der Waals surface area contributed by atoms with E-state index < -0.39 is 11.6 Å². The number of anilines is 2. The molecule has 1 N–H and O–H groups in total. The number of nitrogens with zero attached hydrogens (tertiary/aromatic N) is 1. The molecule has 19 heavy (non-hydrogen) atoms. The van der Waals surface area contributed by atoms with Gasteiger partial charge < -0.3 is 5.32 Å². The lowest BCUT2D eigenvalue weighted by Gasteiger charge is -2.11. The van der Waals surface area contributed by atoms with Crippen molar-refractivity contribution >= 4 is 38.9 Å². The first-order chi connectivity index (χ1) is 9.01. The zero-order chi connectivity index (χ0) is 14.0. The summed E-state index contributed by atoms with van der Waals surface area (Å²) in [6, 6.07) is 8.48. The van der Waals surface area contributed by atoms with E-state index in [4.69, 9.17) is 16.9 Å². The molecule has 2 rings (SSSR count). The molecule has 2 aromatic carbocycles. The molecule has 0 atom stereocenters. The molecule has 96 valence electrons. The van der Waals surface area contributed by atoms with E-state index in [0.717, 1.165) is 12.1 Å². The minimum absolute atomic E-state index is 0.0825. The van der Waals surface area contributed by atoms with Crippen molar-refractivity contribution < 1.29 is 8.78 Å². The smallest absolute Gasteiger partial charge is 0.150 e. The fourth-order valence-electron chi connectivity index (χ4n) is 1.49. The van der Waals surface area contributed by atoms with E-state index in [2.05, 4.69) is 21.2 Å². The average molecular weight is 344 g/mol. The molecule has 0 aliphatic carbocycles. The van der Waals surface area contributed by atoms with Crippen LogP contribution < -0.4 is 5.32 Å². The van der Waals surface area contributed by atoms with E-state index in [9.17, 15) is 8.78 Å². The Labute approximate surface area is 121 Å². The Kier molecular flexibility index (Phi) is 4.03. The van der Waals surface area contributed by atoms with Gasteiger partial charge in [0.05, 0.1) is 22.3 Å². The van der Waals surface area contributed by atoms with Gasteiger partial charge in [0, 0.05) is 4.47 Å². The number of rotatable bonds is 2. The van der Waals surface area contributed by atoms with Gasteiger partial charge >= 0.3 is 0 Å². The molecule has 0 amide bonds. The standard InChI is InChI=1S/C13H6BrClF2N2/c14-8-1-2-9(15)12(5-8)19-13-10(16)3-7(6-18)4-11(13)17/h1-5,19H. The number of benzene rings is 2. The predicted octanol–water partition coefficient (Wildman–Crippen LogP) is 5.00. The molecule has 0 radical (unpaired) electrons. The number of halogens is 4. The highest BCUT2D eigenvalue weighted by atomic mass is 79.9. The second-order valence-corrected chi connectivity index (χ2v) is 5.00. The van der Waals surface area contributed by atoms with E-state index in [1.54, 1.807) is 24.3 Å². The monoisotopic (exact) mass is 342 g/mol. The molecule has 0 aliphatic heterocycles. The third-order valence-corrected chi connectivity index (χ3v) is 3.18. The summed E-state index contributed by atoms with van der Waals surface area (Å²) in [6.45, 7) is 0. The SMILES string of the molecule is N#Cc1cc(F)c(Nc2cc(Br)ccc2Cl)c(F)c1. The zero-order valence-corrected chi connectivity index (χ0v) is 11.7. The summed E-state index contributed by atoms with van der Waals surface area (Å²) in [5, 5.41) is 11.5. The molecule has 0 aliphatic rings. The van der Waals surface area contributed by atoms with Gasteiger partial charge in [-0.25, -0.2) is 8.78 Å². The van der Waals surface area contributed by atoms with E-state index in [0.29, 0.717) is 15.2 Å². The predicted molar refractivity (Wildman–Crippen MR) is 73.5 cm³/mol. The molecule has 2 aromatic rings. The summed E-state index contributed by atoms with van der Waals surface area (Å²) in [5.41, 5.74) is -0.0709. The molecule has 0 fully saturated rings. The Balaban J connectivity index is 2.44. The lowest BCUT2D eigenvalue weighted by Crippen LogP contribution is -1.99. The molecule has 6 heteroatoms. The van der Waals surface area contributed by atoms with Crippen LogP contribution >= 0.6 is 27.5 Å². The van der Waals surface area contributed by atoms with Crippen LogP contribution in [0.4, 0.5) is 20.2 Å². The van der Waals surface area contributed by atoms with Crippen LogP contribution in [0.25, 0.3) is 0 Å². The van der Waals surface area contributed by atoms with Gasteiger partial charge in [0.2, 0.25) is 0 Å². The molecule has 0 saturated heterocycles. The van der Waals surface area contributed by atoms with Gasteiger partial charge in [0.25, 0.3) is 0 Å². The summed E-state index contributed by atoms with van der Waals surface area (Å²) in [5.74, 6) is -1.71. The maximum Gasteiger partial charge on any atom is 0.150 e. The highest BCUT2D eigenvalue weighted by molar-refractivity contribution is 9.10. The van der Waals surface area contributed by atoms with Crippen molar-refractivity contribution in [1.29, 1.82) is 5.26 Å². The van der Waals surface area contributed by atoms with Crippen LogP contribution in [-0.2, 0) is 0 Å². The minimum Gasteiger partial charge on any atom is -0.349 e. The van der Waals surface area contributed by atoms with Crippen molar-refractivity contribution in [1.82, 2.24) is 0 Å². The first-order valence-electron chi connectivity index (χ1n) is 5.12. The zero-order valence-electron chi connectivity index (χ0n) is 9.35. The fourth-order valence-corrected chi connectivity index (χ4v) is 2.01. The minimum atomic E-state index is -0.854. The topological polar surface area (TPSA) is 35.8 Å². The van der Waals surface area contributed by atoms with Gasteiger partial charge in [0.1, 0.15) is 5.69 Å². The van der Waals surface area contributed by atoms with Crippen LogP contribution in [-0.4, -0.2) is 0 Å². The number of hydrogen-bond donors (Lipinski definition) is 1. The maximum absolute atomic E-state index is 13.7. The van der Waals surface area contributed by atoms with Gasteiger partial charge in [-0.1, -0.05) is 27.5 Å². The second kappa shape index (κ2) is 5.55. The van der Waals surface area contributed by atoms with Crippen molar-refractivity contribution in [3.8, 4) is 6.07 Å². The summed E-state index contributed by atoms with van der Waals surface area (Å²) in [6.07, 6.45) is 0. The lowest BCUT2D eigenvalue weighted by molar-refractivity contribution is 0.590. The molecule has 0 heterocycles. The van der Waals surface area contributed by atoms with Gasteiger partial charge in [-0.3, -0.25) is 0 Å². The van der Waals surface area contributed by atoms with Gasteiger partial charge in [-0.05, 0) is 30.3 Å². The molecule has 0 spiro atoms. The number of nitriles is 1. The third kappa shape index (κ3) is 3.03. The molecule has 0 saturated carbocycles. The molecule has 0 bridgehead atoms. The second-order valence-electron chi connectivity index (χ2n) is 3.68. The molecule has 0 unspecified atom stereocenters. The highest BCUT2D eigenvalue weighted by Gasteiger charge is 2.13. The van der Waals surface area contributed by atoms with Gasteiger partial charge in [-0.2, -0.15) is 5.26 Å². The van der Waals surface area contributed by atoms with Crippen LogP contribution in [0.2, 0.25) is 5.02 Å². The summed E-state index contributed by atoms with van der Waals surface area (Å²) in [4.78, 5) is 0. The Bertz CT molecular complexity index is 660. The summed E-state index contributed by atoms with van der Waals surface area (Å²) in [7, 11) is 0. The molecule has 0 aromatic heterocycles. The van der Waals surface area contributed by atoms with Crippen molar-refractivity contribution in [3.63, 3.8) is 0 Å². The normalized spacial score (nSPS) is 10.1. The molecule has 2 nitrogen and oxygen atoms in total. The number of hydrogen-bond acceptors (Lipinski definition) is 2. The highest BCUT2D eigenvalue weighted by Crippen LogP contribution is 2.31.